The van der Waals surface area contributed by atoms with E-state index in [0.29, 0.717) is 23.5 Å². The van der Waals surface area contributed by atoms with Crippen molar-refractivity contribution in [1.29, 1.82) is 0 Å². The number of benzene rings is 1. The first kappa shape index (κ1) is 20.6. The number of carbonyl (C=O) groups is 3. The number of para-hydroxylation sites is 1. The first-order valence-electron chi connectivity index (χ1n) is 9.82. The molecule has 2 heterocycles. The molecule has 0 unspecified atom stereocenters. The molecule has 154 valence electrons. The fourth-order valence-electron chi connectivity index (χ4n) is 3.87. The van der Waals surface area contributed by atoms with E-state index in [9.17, 15) is 14.4 Å². The topological polar surface area (TPSA) is 91.5 Å². The molecule has 0 spiro atoms. The summed E-state index contributed by atoms with van der Waals surface area (Å²) < 4.78 is 4.83. The van der Waals surface area contributed by atoms with Gasteiger partial charge in [-0.15, -0.1) is 0 Å². The molecule has 7 heteroatoms. The van der Waals surface area contributed by atoms with Crippen molar-refractivity contribution in [3.63, 3.8) is 0 Å². The molecule has 2 N–H and O–H groups in total. The zero-order chi connectivity index (χ0) is 21.0. The Bertz CT molecular complexity index is 926. The van der Waals surface area contributed by atoms with Crippen molar-refractivity contribution in [2.24, 2.45) is 0 Å². The van der Waals surface area contributed by atoms with Gasteiger partial charge < -0.3 is 19.9 Å². The average molecular weight is 397 g/mol. The van der Waals surface area contributed by atoms with Crippen LogP contribution in [0.1, 0.15) is 57.4 Å². The highest BCUT2D eigenvalue weighted by molar-refractivity contribution is 6.01. The minimum absolute atomic E-state index is 0.0373. The molecule has 3 rings (SSSR count). The van der Waals surface area contributed by atoms with E-state index in [-0.39, 0.29) is 23.7 Å². The maximum absolute atomic E-state index is 12.6. The smallest absolute Gasteiger partial charge is 0.339 e. The molecule has 1 saturated heterocycles. The van der Waals surface area contributed by atoms with Gasteiger partial charge in [-0.3, -0.25) is 9.59 Å². The molecule has 1 amide bonds. The van der Waals surface area contributed by atoms with Gasteiger partial charge >= 0.3 is 5.97 Å². The second kappa shape index (κ2) is 8.94. The highest BCUT2D eigenvalue weighted by atomic mass is 16.5. The Labute approximate surface area is 170 Å². The van der Waals surface area contributed by atoms with E-state index in [4.69, 9.17) is 4.74 Å². The Kier molecular flexibility index (Phi) is 6.36. The monoisotopic (exact) mass is 397 g/mol. The van der Waals surface area contributed by atoms with E-state index in [1.54, 1.807) is 6.92 Å². The van der Waals surface area contributed by atoms with Crippen LogP contribution in [0.5, 0.6) is 0 Å². The first-order valence-corrected chi connectivity index (χ1v) is 9.82. The number of Topliss-reactive ketones (excluding diaryl/α,β-unsaturated/α-hetero) is 1. The number of nitrogens with one attached hydrogen (secondary N) is 2. The lowest BCUT2D eigenvalue weighted by atomic mass is 10.1. The molecule has 1 aliphatic heterocycles. The molecule has 7 nitrogen and oxygen atoms in total. The van der Waals surface area contributed by atoms with Crippen LogP contribution in [0.25, 0.3) is 0 Å². The Balaban J connectivity index is 1.73. The van der Waals surface area contributed by atoms with Crippen LogP contribution in [0.15, 0.2) is 24.3 Å². The van der Waals surface area contributed by atoms with E-state index < -0.39 is 5.97 Å². The van der Waals surface area contributed by atoms with Gasteiger partial charge in [0.05, 0.1) is 24.8 Å². The van der Waals surface area contributed by atoms with Crippen LogP contribution in [0.3, 0.4) is 0 Å². The summed E-state index contributed by atoms with van der Waals surface area (Å²) in [7, 11) is 1.28. The number of aromatic amines is 1. The van der Waals surface area contributed by atoms with Crippen LogP contribution in [-0.4, -0.2) is 42.8 Å². The largest absolute Gasteiger partial charge is 0.465 e. The zero-order valence-corrected chi connectivity index (χ0v) is 17.1. The summed E-state index contributed by atoms with van der Waals surface area (Å²) in [6.07, 6.45) is 2.33. The third-order valence-corrected chi connectivity index (χ3v) is 5.32. The van der Waals surface area contributed by atoms with Crippen molar-refractivity contribution in [3.05, 3.63) is 52.3 Å². The zero-order valence-electron chi connectivity index (χ0n) is 17.1. The molecule has 1 aromatic carbocycles. The third kappa shape index (κ3) is 4.50. The molecule has 0 atom stereocenters. The molecule has 1 fully saturated rings. The highest BCUT2D eigenvalue weighted by Gasteiger charge is 2.24. The lowest BCUT2D eigenvalue weighted by molar-refractivity contribution is -0.120. The van der Waals surface area contributed by atoms with E-state index in [1.165, 1.54) is 26.9 Å². The van der Waals surface area contributed by atoms with Crippen LogP contribution in [0.2, 0.25) is 0 Å². The van der Waals surface area contributed by atoms with E-state index >= 15 is 0 Å². The molecule has 0 aliphatic carbocycles. The van der Waals surface area contributed by atoms with Gasteiger partial charge in [0.1, 0.15) is 0 Å². The van der Waals surface area contributed by atoms with Gasteiger partial charge in [-0.2, -0.15) is 0 Å². The number of esters is 1. The first-order chi connectivity index (χ1) is 13.9. The number of methoxy groups -OCH3 is 1. The van der Waals surface area contributed by atoms with Gasteiger partial charge in [-0.25, -0.2) is 4.79 Å². The SMILES string of the molecule is COC(=O)c1c(CC(=O)NCc2ccccc2N2CCCC2)[nH]c(C(C)=O)c1C. The minimum atomic E-state index is -0.562. The molecule has 1 aliphatic rings. The fraction of sp³-hybridized carbons (Fsp3) is 0.409. The molecule has 2 aromatic rings. The Morgan fingerprint density at radius 3 is 2.52 bits per heavy atom. The second-order valence-electron chi connectivity index (χ2n) is 7.30. The summed E-state index contributed by atoms with van der Waals surface area (Å²) in [5.74, 6) is -0.991. The Morgan fingerprint density at radius 1 is 1.17 bits per heavy atom. The van der Waals surface area contributed by atoms with Crippen molar-refractivity contribution in [2.45, 2.75) is 39.7 Å². The number of carbonyl (C=O) groups excluding carboxylic acids is 3. The number of ether oxygens (including phenoxy) is 1. The van der Waals surface area contributed by atoms with Crippen molar-refractivity contribution >= 4 is 23.3 Å². The standard InChI is InChI=1S/C22H27N3O4/c1-14-20(22(28)29-3)17(24-21(14)15(2)26)12-19(27)23-13-16-8-4-5-9-18(16)25-10-6-7-11-25/h4-5,8-9,24H,6-7,10-13H2,1-3H3,(H,23,27). The predicted octanol–water partition coefficient (Wildman–Crippen LogP) is 2.77. The maximum atomic E-state index is 12.6. The van der Waals surface area contributed by atoms with Crippen molar-refractivity contribution < 1.29 is 19.1 Å². The number of rotatable bonds is 7. The predicted molar refractivity (Wildman–Crippen MR) is 110 cm³/mol. The van der Waals surface area contributed by atoms with Gasteiger partial charge in [0, 0.05) is 37.9 Å². The number of aromatic nitrogens is 1. The Morgan fingerprint density at radius 2 is 1.86 bits per heavy atom. The minimum Gasteiger partial charge on any atom is -0.465 e. The number of H-pyrrole nitrogens is 1. The van der Waals surface area contributed by atoms with Crippen molar-refractivity contribution in [2.75, 3.05) is 25.1 Å². The summed E-state index contributed by atoms with van der Waals surface area (Å²) in [5.41, 5.74) is 3.69. The maximum Gasteiger partial charge on any atom is 0.339 e. The van der Waals surface area contributed by atoms with Crippen LogP contribution in [0, 0.1) is 6.92 Å². The number of amides is 1. The lowest BCUT2D eigenvalue weighted by Crippen LogP contribution is -2.27. The molecule has 0 bridgehead atoms. The molecule has 29 heavy (non-hydrogen) atoms. The van der Waals surface area contributed by atoms with Gasteiger partial charge in [-0.05, 0) is 37.0 Å². The van der Waals surface area contributed by atoms with Crippen molar-refractivity contribution in [3.8, 4) is 0 Å². The molecular weight excluding hydrogens is 370 g/mol. The van der Waals surface area contributed by atoms with Crippen LogP contribution in [-0.2, 0) is 22.5 Å². The second-order valence-corrected chi connectivity index (χ2v) is 7.30. The van der Waals surface area contributed by atoms with Crippen LogP contribution >= 0.6 is 0 Å². The molecular formula is C22H27N3O4. The lowest BCUT2D eigenvalue weighted by Gasteiger charge is -2.21. The Hall–Kier alpha value is -3.09. The van der Waals surface area contributed by atoms with Crippen molar-refractivity contribution in [1.82, 2.24) is 10.3 Å². The molecule has 0 saturated carbocycles. The summed E-state index contributed by atoms with van der Waals surface area (Å²) in [5, 5.41) is 2.93. The van der Waals surface area contributed by atoms with E-state index in [1.807, 2.05) is 18.2 Å². The fourth-order valence-corrected chi connectivity index (χ4v) is 3.87. The van der Waals surface area contributed by atoms with Gasteiger partial charge in [-0.1, -0.05) is 18.2 Å². The number of hydrogen-bond acceptors (Lipinski definition) is 5. The van der Waals surface area contributed by atoms with E-state index in [2.05, 4.69) is 21.3 Å². The third-order valence-electron chi connectivity index (χ3n) is 5.32. The number of ketones is 1. The molecule has 0 radical (unpaired) electrons. The normalized spacial score (nSPS) is 13.4. The highest BCUT2D eigenvalue weighted by Crippen LogP contribution is 2.25. The molecule has 1 aromatic heterocycles. The summed E-state index contributed by atoms with van der Waals surface area (Å²) in [4.78, 5) is 41.8. The van der Waals surface area contributed by atoms with Crippen LogP contribution < -0.4 is 10.2 Å². The van der Waals surface area contributed by atoms with Gasteiger partial charge in [0.2, 0.25) is 5.91 Å². The van der Waals surface area contributed by atoms with Crippen LogP contribution in [0.4, 0.5) is 5.69 Å². The van der Waals surface area contributed by atoms with Gasteiger partial charge in [0.15, 0.2) is 5.78 Å². The average Bonchev–Trinajstić information content (AvgIpc) is 3.34. The summed E-state index contributed by atoms with van der Waals surface area (Å²) in [6, 6.07) is 8.06. The number of nitrogens with zero attached hydrogens (tertiary/aromatic N) is 1. The number of hydrogen-bond donors (Lipinski definition) is 2. The summed E-state index contributed by atoms with van der Waals surface area (Å²) in [6.45, 7) is 5.55. The van der Waals surface area contributed by atoms with Gasteiger partial charge in [0.25, 0.3) is 0 Å². The van der Waals surface area contributed by atoms with E-state index in [0.717, 1.165) is 24.3 Å². The number of anilines is 1. The quantitative estimate of drug-likeness (QED) is 0.554. The summed E-state index contributed by atoms with van der Waals surface area (Å²) >= 11 is 0.